The molecule has 1 fully saturated rings. The summed E-state index contributed by atoms with van der Waals surface area (Å²) in [6.45, 7) is 9.41. The second-order valence-corrected chi connectivity index (χ2v) is 8.13. The number of amides is 1. The van der Waals surface area contributed by atoms with Crippen molar-refractivity contribution in [1.82, 2.24) is 5.32 Å². The second-order valence-electron chi connectivity index (χ2n) is 8.13. The quantitative estimate of drug-likeness (QED) is 0.107. The molecule has 0 bridgehead atoms. The molecular formula is C24H42N2O4. The first kappa shape index (κ1) is 26.4. The Hall–Kier alpha value is -1.66. The fraction of sp³-hybridized carbons (Fsp3) is 0.750. The molecule has 0 unspecified atom stereocenters. The molecule has 0 aromatic heterocycles. The first-order valence-electron chi connectivity index (χ1n) is 11.4. The smallest absolute Gasteiger partial charge is 0.207 e. The molecule has 0 heterocycles. The standard InChI is InChI=1S/C24H42N2O4/c1-21(6-4-7-22(2)11-13-24-8-5-9-24)10-12-23(3)26-30-19-18-29-17-16-28-15-14-25-20-27/h6,11,20,24H,4-5,7-10,12-19H2,1-3H3,(H,25,27)/b21-6+,22-11+,26-23+. The zero-order valence-electron chi connectivity index (χ0n) is 19.3. The Bertz CT molecular complexity index is 539. The lowest BCUT2D eigenvalue weighted by molar-refractivity contribution is -0.109. The molecule has 172 valence electrons. The van der Waals surface area contributed by atoms with E-state index in [0.717, 1.165) is 30.9 Å². The van der Waals surface area contributed by atoms with Crippen LogP contribution in [-0.4, -0.2) is 51.7 Å². The van der Waals surface area contributed by atoms with Crippen molar-refractivity contribution in [1.29, 1.82) is 0 Å². The Morgan fingerprint density at radius 3 is 2.33 bits per heavy atom. The molecule has 0 saturated heterocycles. The molecule has 0 aromatic rings. The van der Waals surface area contributed by atoms with E-state index in [1.807, 2.05) is 6.92 Å². The van der Waals surface area contributed by atoms with Crippen molar-refractivity contribution in [3.8, 4) is 0 Å². The number of hydrogen-bond donors (Lipinski definition) is 1. The van der Waals surface area contributed by atoms with Gasteiger partial charge in [0, 0.05) is 6.54 Å². The number of hydrogen-bond acceptors (Lipinski definition) is 5. The van der Waals surface area contributed by atoms with Crippen LogP contribution >= 0.6 is 0 Å². The Kier molecular flexibility index (Phi) is 15.9. The van der Waals surface area contributed by atoms with Crippen LogP contribution in [0.1, 0.15) is 72.1 Å². The van der Waals surface area contributed by atoms with Crippen molar-refractivity contribution in [3.63, 3.8) is 0 Å². The SMILES string of the molecule is C/C(=C\CC1CCC1)CC/C=C(\C)CC/C(C)=N/OCCOCCOCCNC=O. The molecule has 0 aliphatic heterocycles. The fourth-order valence-electron chi connectivity index (χ4n) is 3.03. The maximum absolute atomic E-state index is 10.1. The topological polar surface area (TPSA) is 69.2 Å². The highest BCUT2D eigenvalue weighted by atomic mass is 16.6. The molecule has 30 heavy (non-hydrogen) atoms. The Balaban J connectivity index is 1.98. The maximum Gasteiger partial charge on any atom is 0.207 e. The number of ether oxygens (including phenoxy) is 2. The molecule has 6 heteroatoms. The van der Waals surface area contributed by atoms with E-state index >= 15 is 0 Å². The molecule has 0 spiro atoms. The molecule has 6 nitrogen and oxygen atoms in total. The molecule has 1 saturated carbocycles. The van der Waals surface area contributed by atoms with Crippen molar-refractivity contribution in [3.05, 3.63) is 23.3 Å². The summed E-state index contributed by atoms with van der Waals surface area (Å²) in [4.78, 5) is 15.4. The number of nitrogens with one attached hydrogen (secondary N) is 1. The van der Waals surface area contributed by atoms with E-state index in [4.69, 9.17) is 14.3 Å². The molecule has 0 atom stereocenters. The minimum atomic E-state index is 0.436. The molecule has 1 amide bonds. The molecule has 1 rings (SSSR count). The lowest BCUT2D eigenvalue weighted by Crippen LogP contribution is -2.19. The maximum atomic E-state index is 10.1. The number of allylic oxidation sites excluding steroid dienone is 4. The highest BCUT2D eigenvalue weighted by Gasteiger charge is 2.15. The molecular weight excluding hydrogens is 380 g/mol. The van der Waals surface area contributed by atoms with Gasteiger partial charge in [0.2, 0.25) is 6.41 Å². The van der Waals surface area contributed by atoms with Crippen LogP contribution in [0.25, 0.3) is 0 Å². The van der Waals surface area contributed by atoms with Crippen LogP contribution in [0, 0.1) is 5.92 Å². The normalized spacial score (nSPS) is 15.8. The van der Waals surface area contributed by atoms with E-state index in [1.54, 1.807) is 0 Å². The van der Waals surface area contributed by atoms with E-state index in [2.05, 4.69) is 36.5 Å². The predicted molar refractivity (Wildman–Crippen MR) is 123 cm³/mol. The third kappa shape index (κ3) is 15.2. The summed E-state index contributed by atoms with van der Waals surface area (Å²) in [5.74, 6) is 0.963. The van der Waals surface area contributed by atoms with E-state index < -0.39 is 0 Å². The summed E-state index contributed by atoms with van der Waals surface area (Å²) in [5, 5.41) is 6.69. The molecule has 1 aliphatic carbocycles. The van der Waals surface area contributed by atoms with Crippen LogP contribution in [0.2, 0.25) is 0 Å². The predicted octanol–water partition coefficient (Wildman–Crippen LogP) is 4.80. The number of nitrogens with zero attached hydrogens (tertiary/aromatic N) is 1. The van der Waals surface area contributed by atoms with Gasteiger partial charge in [-0.1, -0.05) is 47.7 Å². The van der Waals surface area contributed by atoms with E-state index in [-0.39, 0.29) is 0 Å². The number of carbonyl (C=O) groups is 1. The van der Waals surface area contributed by atoms with Gasteiger partial charge in [-0.15, -0.1) is 0 Å². The zero-order valence-corrected chi connectivity index (χ0v) is 19.3. The van der Waals surface area contributed by atoms with Gasteiger partial charge in [-0.3, -0.25) is 4.79 Å². The van der Waals surface area contributed by atoms with Gasteiger partial charge in [0.1, 0.15) is 6.61 Å². The first-order chi connectivity index (χ1) is 14.6. The van der Waals surface area contributed by atoms with E-state index in [9.17, 15) is 4.79 Å². The van der Waals surface area contributed by atoms with Gasteiger partial charge in [-0.2, -0.15) is 0 Å². The van der Waals surface area contributed by atoms with Crippen LogP contribution in [0.4, 0.5) is 0 Å². The van der Waals surface area contributed by atoms with Crippen LogP contribution in [0.5, 0.6) is 0 Å². The summed E-state index contributed by atoms with van der Waals surface area (Å²) in [6.07, 6.45) is 15.3. The minimum Gasteiger partial charge on any atom is -0.393 e. The lowest BCUT2D eigenvalue weighted by Gasteiger charge is -2.23. The van der Waals surface area contributed by atoms with Gasteiger partial charge >= 0.3 is 0 Å². The van der Waals surface area contributed by atoms with E-state index in [1.165, 1.54) is 43.3 Å². The second kappa shape index (κ2) is 18.1. The zero-order chi connectivity index (χ0) is 21.9. The Morgan fingerprint density at radius 2 is 1.63 bits per heavy atom. The molecule has 0 radical (unpaired) electrons. The Labute approximate surface area is 183 Å². The molecule has 1 aliphatic rings. The summed E-state index contributed by atoms with van der Waals surface area (Å²) in [6, 6.07) is 0. The van der Waals surface area contributed by atoms with Gasteiger partial charge in [-0.05, 0) is 58.8 Å². The lowest BCUT2D eigenvalue weighted by atomic mass is 9.82. The molecule has 0 aromatic carbocycles. The Morgan fingerprint density at radius 1 is 0.933 bits per heavy atom. The third-order valence-electron chi connectivity index (χ3n) is 5.32. The largest absolute Gasteiger partial charge is 0.393 e. The van der Waals surface area contributed by atoms with Crippen LogP contribution in [-0.2, 0) is 19.1 Å². The number of rotatable bonds is 19. The number of oxime groups is 1. The fourth-order valence-corrected chi connectivity index (χ4v) is 3.03. The van der Waals surface area contributed by atoms with Gasteiger partial charge in [0.15, 0.2) is 0 Å². The summed E-state index contributed by atoms with van der Waals surface area (Å²) in [5.41, 5.74) is 3.95. The minimum absolute atomic E-state index is 0.436. The first-order valence-corrected chi connectivity index (χ1v) is 11.4. The summed E-state index contributed by atoms with van der Waals surface area (Å²) >= 11 is 0. The number of carbonyl (C=O) groups excluding carboxylic acids is 1. The average molecular weight is 423 g/mol. The van der Waals surface area contributed by atoms with Gasteiger partial charge in [0.25, 0.3) is 0 Å². The highest BCUT2D eigenvalue weighted by Crippen LogP contribution is 2.30. The summed E-state index contributed by atoms with van der Waals surface area (Å²) in [7, 11) is 0. The van der Waals surface area contributed by atoms with Gasteiger partial charge in [-0.25, -0.2) is 0 Å². The molecule has 1 N–H and O–H groups in total. The third-order valence-corrected chi connectivity index (χ3v) is 5.32. The van der Waals surface area contributed by atoms with Crippen molar-refractivity contribution in [2.45, 2.75) is 72.1 Å². The van der Waals surface area contributed by atoms with Crippen LogP contribution < -0.4 is 5.32 Å². The van der Waals surface area contributed by atoms with Gasteiger partial charge in [0.05, 0.1) is 32.1 Å². The van der Waals surface area contributed by atoms with Gasteiger partial charge < -0.3 is 19.6 Å². The van der Waals surface area contributed by atoms with Crippen LogP contribution in [0.15, 0.2) is 28.5 Å². The highest BCUT2D eigenvalue weighted by molar-refractivity contribution is 5.81. The van der Waals surface area contributed by atoms with Crippen LogP contribution in [0.3, 0.4) is 0 Å². The van der Waals surface area contributed by atoms with Crippen molar-refractivity contribution in [2.24, 2.45) is 11.1 Å². The summed E-state index contributed by atoms with van der Waals surface area (Å²) < 4.78 is 10.7. The van der Waals surface area contributed by atoms with Crippen molar-refractivity contribution < 1.29 is 19.1 Å². The van der Waals surface area contributed by atoms with Crippen molar-refractivity contribution in [2.75, 3.05) is 39.6 Å². The monoisotopic (exact) mass is 422 g/mol. The van der Waals surface area contributed by atoms with Crippen molar-refractivity contribution >= 4 is 12.1 Å². The average Bonchev–Trinajstić information content (AvgIpc) is 2.69. The van der Waals surface area contributed by atoms with E-state index in [0.29, 0.717) is 46.0 Å².